The minimum absolute atomic E-state index is 0.0586. The number of unbranched alkanes of at least 4 members (excludes halogenated alkanes) is 18. The van der Waals surface area contributed by atoms with E-state index in [1.165, 1.54) is 122 Å². The third-order valence-electron chi connectivity index (χ3n) is 6.52. The third-order valence-corrected chi connectivity index (χ3v) is 6.52. The summed E-state index contributed by atoms with van der Waals surface area (Å²) in [5.74, 6) is 0. The van der Waals surface area contributed by atoms with Gasteiger partial charge in [0, 0.05) is 0 Å². The van der Waals surface area contributed by atoms with E-state index in [1.807, 2.05) is 0 Å². The van der Waals surface area contributed by atoms with Gasteiger partial charge >= 0.3 is 0 Å². The molecule has 0 aromatic rings. The molecule has 2 nitrogen and oxygen atoms in total. The molecule has 0 saturated heterocycles. The Bertz CT molecular complexity index is 264. The summed E-state index contributed by atoms with van der Waals surface area (Å²) in [5.41, 5.74) is 0. The summed E-state index contributed by atoms with van der Waals surface area (Å²) in [5, 5.41) is 19.0. The molecule has 0 rings (SSSR count). The molecule has 2 heteroatoms. The van der Waals surface area contributed by atoms with Crippen LogP contribution in [0.15, 0.2) is 0 Å². The molecule has 2 atom stereocenters. The second-order valence-corrected chi connectivity index (χ2v) is 9.42. The largest absolute Gasteiger partial charge is 0.393 e. The van der Waals surface area contributed by atoms with Gasteiger partial charge in [0.15, 0.2) is 0 Å². The molecular formula is C27H56O2. The summed E-state index contributed by atoms with van der Waals surface area (Å²) in [6.45, 7) is 4.13. The van der Waals surface area contributed by atoms with Gasteiger partial charge in [-0.1, -0.05) is 136 Å². The van der Waals surface area contributed by atoms with E-state index in [-0.39, 0.29) is 12.2 Å². The van der Waals surface area contributed by atoms with Crippen LogP contribution in [0.3, 0.4) is 0 Å². The molecule has 0 aliphatic heterocycles. The summed E-state index contributed by atoms with van der Waals surface area (Å²) in [6, 6.07) is 0. The summed E-state index contributed by atoms with van der Waals surface area (Å²) < 4.78 is 0. The van der Waals surface area contributed by atoms with E-state index in [1.54, 1.807) is 0 Å². The van der Waals surface area contributed by atoms with Crippen molar-refractivity contribution in [3.63, 3.8) is 0 Å². The molecule has 0 aromatic carbocycles. The Balaban J connectivity index is 3.03. The zero-order valence-electron chi connectivity index (χ0n) is 20.3. The molecular weight excluding hydrogens is 356 g/mol. The van der Waals surface area contributed by atoms with Gasteiger partial charge in [0.2, 0.25) is 0 Å². The van der Waals surface area contributed by atoms with Gasteiger partial charge in [-0.25, -0.2) is 0 Å². The van der Waals surface area contributed by atoms with Gasteiger partial charge in [-0.2, -0.15) is 0 Å². The lowest BCUT2D eigenvalue weighted by atomic mass is 10.0. The molecule has 0 saturated carbocycles. The first kappa shape index (κ1) is 28.9. The molecule has 2 N–H and O–H groups in total. The molecule has 0 aromatic heterocycles. The summed E-state index contributed by atoms with van der Waals surface area (Å²) in [6.07, 6.45) is 30.0. The minimum Gasteiger partial charge on any atom is -0.393 e. The average Bonchev–Trinajstić information content (AvgIpc) is 2.74. The van der Waals surface area contributed by atoms with E-state index in [0.717, 1.165) is 25.7 Å². The van der Waals surface area contributed by atoms with Crippen LogP contribution in [0, 0.1) is 0 Å². The zero-order chi connectivity index (χ0) is 21.4. The highest BCUT2D eigenvalue weighted by molar-refractivity contribution is 4.55. The second-order valence-electron chi connectivity index (χ2n) is 9.42. The van der Waals surface area contributed by atoms with Gasteiger partial charge in [0.1, 0.15) is 0 Å². The maximum atomic E-state index is 9.52. The Labute approximate surface area is 184 Å². The predicted molar refractivity (Wildman–Crippen MR) is 130 cm³/mol. The zero-order valence-corrected chi connectivity index (χ0v) is 20.3. The lowest BCUT2D eigenvalue weighted by Crippen LogP contribution is -2.03. The first-order valence-electron chi connectivity index (χ1n) is 13.6. The van der Waals surface area contributed by atoms with Gasteiger partial charge < -0.3 is 10.2 Å². The molecule has 0 bridgehead atoms. The maximum Gasteiger partial charge on any atom is 0.0537 e. The summed E-state index contributed by atoms with van der Waals surface area (Å²) in [4.78, 5) is 0. The Kier molecular flexibility index (Phi) is 24.1. The highest BCUT2D eigenvalue weighted by atomic mass is 16.3. The van der Waals surface area contributed by atoms with Crippen molar-refractivity contribution in [1.82, 2.24) is 0 Å². The van der Waals surface area contributed by atoms with Gasteiger partial charge in [0.25, 0.3) is 0 Å². The molecule has 0 spiro atoms. The van der Waals surface area contributed by atoms with Crippen molar-refractivity contribution in [3.8, 4) is 0 Å². The number of rotatable bonds is 24. The standard InChI is InChI=1S/C27H56O2/c1-3-26(28)24-22-20-18-16-14-12-10-8-6-5-7-9-11-13-15-17-19-21-23-25-27(29)4-2/h26-29H,3-25H2,1-2H3. The number of aliphatic hydroxyl groups excluding tert-OH is 2. The van der Waals surface area contributed by atoms with Gasteiger partial charge in [0.05, 0.1) is 12.2 Å². The van der Waals surface area contributed by atoms with Crippen molar-refractivity contribution in [3.05, 3.63) is 0 Å². The highest BCUT2D eigenvalue weighted by Crippen LogP contribution is 2.15. The fourth-order valence-corrected chi connectivity index (χ4v) is 4.17. The molecule has 0 aliphatic carbocycles. The van der Waals surface area contributed by atoms with Crippen LogP contribution >= 0.6 is 0 Å². The van der Waals surface area contributed by atoms with E-state index in [2.05, 4.69) is 13.8 Å². The lowest BCUT2D eigenvalue weighted by molar-refractivity contribution is 0.156. The van der Waals surface area contributed by atoms with Crippen molar-refractivity contribution in [2.75, 3.05) is 0 Å². The smallest absolute Gasteiger partial charge is 0.0537 e. The van der Waals surface area contributed by atoms with E-state index in [4.69, 9.17) is 0 Å². The van der Waals surface area contributed by atoms with E-state index in [0.29, 0.717) is 0 Å². The van der Waals surface area contributed by atoms with Gasteiger partial charge in [-0.15, -0.1) is 0 Å². The molecule has 29 heavy (non-hydrogen) atoms. The third kappa shape index (κ3) is 24.1. The SMILES string of the molecule is CCC(O)CCCCCCCCCCCCCCCCCCCCCC(O)CC. The first-order chi connectivity index (χ1) is 14.2. The summed E-state index contributed by atoms with van der Waals surface area (Å²) in [7, 11) is 0. The van der Waals surface area contributed by atoms with Crippen molar-refractivity contribution in [2.24, 2.45) is 0 Å². The highest BCUT2D eigenvalue weighted by Gasteiger charge is 2.00. The van der Waals surface area contributed by atoms with Crippen molar-refractivity contribution in [2.45, 2.75) is 174 Å². The van der Waals surface area contributed by atoms with Crippen LogP contribution in [0.5, 0.6) is 0 Å². The van der Waals surface area contributed by atoms with Crippen LogP contribution in [0.1, 0.15) is 162 Å². The van der Waals surface area contributed by atoms with E-state index < -0.39 is 0 Å². The maximum absolute atomic E-state index is 9.52. The molecule has 0 aliphatic rings. The lowest BCUT2D eigenvalue weighted by Gasteiger charge is -2.07. The molecule has 176 valence electrons. The van der Waals surface area contributed by atoms with Crippen LogP contribution in [0.4, 0.5) is 0 Å². The number of hydrogen-bond acceptors (Lipinski definition) is 2. The molecule has 0 amide bonds. The second kappa shape index (κ2) is 24.2. The van der Waals surface area contributed by atoms with Crippen LogP contribution in [-0.2, 0) is 0 Å². The van der Waals surface area contributed by atoms with Crippen LogP contribution in [0.2, 0.25) is 0 Å². The average molecular weight is 413 g/mol. The van der Waals surface area contributed by atoms with E-state index >= 15 is 0 Å². The van der Waals surface area contributed by atoms with Gasteiger partial charge in [-0.05, 0) is 25.7 Å². The Morgan fingerprint density at radius 1 is 0.345 bits per heavy atom. The summed E-state index contributed by atoms with van der Waals surface area (Å²) >= 11 is 0. The van der Waals surface area contributed by atoms with Crippen molar-refractivity contribution < 1.29 is 10.2 Å². The van der Waals surface area contributed by atoms with E-state index in [9.17, 15) is 10.2 Å². The quantitative estimate of drug-likeness (QED) is 0.156. The molecule has 0 heterocycles. The van der Waals surface area contributed by atoms with Crippen LogP contribution in [-0.4, -0.2) is 22.4 Å². The van der Waals surface area contributed by atoms with Crippen LogP contribution < -0.4 is 0 Å². The molecule has 0 fully saturated rings. The Morgan fingerprint density at radius 3 is 0.690 bits per heavy atom. The van der Waals surface area contributed by atoms with Crippen molar-refractivity contribution in [1.29, 1.82) is 0 Å². The Hall–Kier alpha value is -0.0800. The minimum atomic E-state index is -0.0586. The van der Waals surface area contributed by atoms with Crippen LogP contribution in [0.25, 0.3) is 0 Å². The molecule has 0 radical (unpaired) electrons. The Morgan fingerprint density at radius 2 is 0.517 bits per heavy atom. The number of aliphatic hydroxyl groups is 2. The predicted octanol–water partition coefficient (Wildman–Crippen LogP) is 8.72. The van der Waals surface area contributed by atoms with Crippen molar-refractivity contribution >= 4 is 0 Å². The normalized spacial score (nSPS) is 13.7. The fraction of sp³-hybridized carbons (Fsp3) is 1.00. The number of hydrogen-bond donors (Lipinski definition) is 2. The monoisotopic (exact) mass is 412 g/mol. The first-order valence-corrected chi connectivity index (χ1v) is 13.6. The fourth-order valence-electron chi connectivity index (χ4n) is 4.17. The molecule has 2 unspecified atom stereocenters. The van der Waals surface area contributed by atoms with Gasteiger partial charge in [-0.3, -0.25) is 0 Å². The topological polar surface area (TPSA) is 40.5 Å².